The summed E-state index contributed by atoms with van der Waals surface area (Å²) in [5, 5.41) is 13.4. The van der Waals surface area contributed by atoms with E-state index >= 15 is 0 Å². The first-order valence-electron chi connectivity index (χ1n) is 6.42. The number of nitrogens with one attached hydrogen (secondary N) is 1. The third-order valence-corrected chi connectivity index (χ3v) is 4.28. The van der Waals surface area contributed by atoms with Crippen LogP contribution >= 0.6 is 27.5 Å². The van der Waals surface area contributed by atoms with Crippen molar-refractivity contribution < 1.29 is 9.90 Å². The highest BCUT2D eigenvalue weighted by atomic mass is 79.9. The van der Waals surface area contributed by atoms with Gasteiger partial charge in [-0.15, -0.1) is 0 Å². The number of hydrogen-bond donors (Lipinski definition) is 2. The van der Waals surface area contributed by atoms with Crippen molar-refractivity contribution in [3.8, 4) is 0 Å². The lowest BCUT2D eigenvalue weighted by Gasteiger charge is -2.31. The van der Waals surface area contributed by atoms with Crippen molar-refractivity contribution in [1.82, 2.24) is 0 Å². The number of hydrogen-bond acceptors (Lipinski definition) is 2. The summed E-state index contributed by atoms with van der Waals surface area (Å²) < 4.78 is 0.756. The van der Waals surface area contributed by atoms with E-state index in [0.717, 1.165) is 23.0 Å². The Labute approximate surface area is 127 Å². The standard InChI is InChI=1S/C14H19BrClNO2/c1-3-7-14(8-4-2,13(18)19)17-10-5-6-12(16)11(15)9-10/h5-6,9,17H,3-4,7-8H2,1-2H3,(H,18,19). The first-order valence-corrected chi connectivity index (χ1v) is 7.59. The number of rotatable bonds is 7. The minimum absolute atomic E-state index is 0.594. The summed E-state index contributed by atoms with van der Waals surface area (Å²) in [6, 6.07) is 5.36. The van der Waals surface area contributed by atoms with Crippen molar-refractivity contribution in [2.45, 2.75) is 45.1 Å². The van der Waals surface area contributed by atoms with Crippen molar-refractivity contribution in [1.29, 1.82) is 0 Å². The maximum Gasteiger partial charge on any atom is 0.329 e. The molecule has 1 rings (SSSR count). The fourth-order valence-corrected chi connectivity index (χ4v) is 2.72. The van der Waals surface area contributed by atoms with Gasteiger partial charge >= 0.3 is 5.97 Å². The molecule has 0 bridgehead atoms. The van der Waals surface area contributed by atoms with Crippen LogP contribution in [-0.4, -0.2) is 16.6 Å². The van der Waals surface area contributed by atoms with Gasteiger partial charge in [0.2, 0.25) is 0 Å². The molecule has 3 nitrogen and oxygen atoms in total. The van der Waals surface area contributed by atoms with Gasteiger partial charge in [0.1, 0.15) is 5.54 Å². The molecular weight excluding hydrogens is 330 g/mol. The van der Waals surface area contributed by atoms with E-state index in [2.05, 4.69) is 21.2 Å². The van der Waals surface area contributed by atoms with Crippen LogP contribution in [0.1, 0.15) is 39.5 Å². The van der Waals surface area contributed by atoms with E-state index in [9.17, 15) is 9.90 Å². The molecule has 0 aliphatic heterocycles. The molecule has 0 saturated heterocycles. The van der Waals surface area contributed by atoms with Crippen LogP contribution in [0, 0.1) is 0 Å². The van der Waals surface area contributed by atoms with E-state index < -0.39 is 11.5 Å². The molecule has 1 aromatic carbocycles. The lowest BCUT2D eigenvalue weighted by molar-refractivity contribution is -0.142. The highest BCUT2D eigenvalue weighted by Crippen LogP contribution is 2.30. The summed E-state index contributed by atoms with van der Waals surface area (Å²) in [6.07, 6.45) is 2.81. The molecule has 0 unspecified atom stereocenters. The molecule has 0 radical (unpaired) electrons. The van der Waals surface area contributed by atoms with Crippen LogP contribution in [0.25, 0.3) is 0 Å². The Balaban J connectivity index is 3.04. The normalized spacial score (nSPS) is 11.4. The van der Waals surface area contributed by atoms with Gasteiger partial charge in [-0.2, -0.15) is 0 Å². The molecule has 0 heterocycles. The Hall–Kier alpha value is -0.740. The molecule has 0 spiro atoms. The summed E-state index contributed by atoms with van der Waals surface area (Å²) in [7, 11) is 0. The molecule has 0 saturated carbocycles. The molecule has 0 amide bonds. The smallest absolute Gasteiger partial charge is 0.329 e. The molecule has 0 aliphatic carbocycles. The molecule has 5 heteroatoms. The van der Waals surface area contributed by atoms with Crippen LogP contribution in [0.15, 0.2) is 22.7 Å². The van der Waals surface area contributed by atoms with Crippen LogP contribution in [0.5, 0.6) is 0 Å². The maximum absolute atomic E-state index is 11.7. The highest BCUT2D eigenvalue weighted by molar-refractivity contribution is 9.10. The molecule has 19 heavy (non-hydrogen) atoms. The SMILES string of the molecule is CCCC(CCC)(Nc1ccc(Cl)c(Br)c1)C(=O)O. The minimum atomic E-state index is -0.906. The van der Waals surface area contributed by atoms with Crippen molar-refractivity contribution >= 4 is 39.2 Å². The average Bonchev–Trinajstić information content (AvgIpc) is 2.34. The lowest BCUT2D eigenvalue weighted by Crippen LogP contribution is -2.46. The highest BCUT2D eigenvalue weighted by Gasteiger charge is 2.36. The van der Waals surface area contributed by atoms with Crippen molar-refractivity contribution in [3.63, 3.8) is 0 Å². The van der Waals surface area contributed by atoms with Crippen LogP contribution in [0.2, 0.25) is 5.02 Å². The van der Waals surface area contributed by atoms with Gasteiger partial charge in [-0.05, 0) is 47.0 Å². The first-order chi connectivity index (χ1) is 8.95. The Morgan fingerprint density at radius 3 is 2.37 bits per heavy atom. The van der Waals surface area contributed by atoms with Gasteiger partial charge in [-0.1, -0.05) is 38.3 Å². The zero-order valence-corrected chi connectivity index (χ0v) is 13.5. The van der Waals surface area contributed by atoms with E-state index in [-0.39, 0.29) is 0 Å². The first kappa shape index (κ1) is 16.3. The molecule has 2 N–H and O–H groups in total. The average molecular weight is 349 g/mol. The second-order valence-electron chi connectivity index (χ2n) is 4.64. The quantitative estimate of drug-likeness (QED) is 0.734. The van der Waals surface area contributed by atoms with Gasteiger partial charge in [0.25, 0.3) is 0 Å². The summed E-state index contributed by atoms with van der Waals surface area (Å²) in [5.41, 5.74) is -0.142. The molecule has 106 valence electrons. The van der Waals surface area contributed by atoms with E-state index in [0.29, 0.717) is 17.9 Å². The van der Waals surface area contributed by atoms with E-state index in [4.69, 9.17) is 11.6 Å². The van der Waals surface area contributed by atoms with Crippen molar-refractivity contribution in [3.05, 3.63) is 27.7 Å². The molecule has 0 fully saturated rings. The topological polar surface area (TPSA) is 49.3 Å². The molecule has 1 aromatic rings. The Morgan fingerprint density at radius 1 is 1.37 bits per heavy atom. The second kappa shape index (κ2) is 7.15. The van der Waals surface area contributed by atoms with Crippen LogP contribution < -0.4 is 5.32 Å². The predicted octanol–water partition coefficient (Wildman–Crippen LogP) is 4.94. The van der Waals surface area contributed by atoms with E-state index in [1.165, 1.54) is 0 Å². The van der Waals surface area contributed by atoms with Gasteiger partial charge in [-0.3, -0.25) is 0 Å². The number of halogens is 2. The van der Waals surface area contributed by atoms with Gasteiger partial charge in [-0.25, -0.2) is 4.79 Å². The Kier molecular flexibility index (Phi) is 6.14. The molecule has 0 aromatic heterocycles. The van der Waals surface area contributed by atoms with E-state index in [1.54, 1.807) is 12.1 Å². The Morgan fingerprint density at radius 2 is 1.95 bits per heavy atom. The lowest BCUT2D eigenvalue weighted by atomic mass is 9.88. The van der Waals surface area contributed by atoms with Crippen LogP contribution in [0.4, 0.5) is 5.69 Å². The number of carboxylic acids is 1. The number of anilines is 1. The molecule has 0 aliphatic rings. The van der Waals surface area contributed by atoms with E-state index in [1.807, 2.05) is 19.9 Å². The van der Waals surface area contributed by atoms with Crippen molar-refractivity contribution in [2.24, 2.45) is 0 Å². The van der Waals surface area contributed by atoms with Gasteiger partial charge in [0, 0.05) is 10.2 Å². The van der Waals surface area contributed by atoms with Crippen molar-refractivity contribution in [2.75, 3.05) is 5.32 Å². The number of carbonyl (C=O) groups is 1. The third kappa shape index (κ3) is 4.11. The summed E-state index contributed by atoms with van der Waals surface area (Å²) in [5.74, 6) is -0.803. The fourth-order valence-electron chi connectivity index (χ4n) is 2.22. The third-order valence-electron chi connectivity index (χ3n) is 3.07. The summed E-state index contributed by atoms with van der Waals surface area (Å²) in [6.45, 7) is 3.99. The molecule has 0 atom stereocenters. The largest absolute Gasteiger partial charge is 0.480 e. The number of benzene rings is 1. The summed E-state index contributed by atoms with van der Waals surface area (Å²) in [4.78, 5) is 11.7. The van der Waals surface area contributed by atoms with Gasteiger partial charge in [0.05, 0.1) is 5.02 Å². The maximum atomic E-state index is 11.7. The predicted molar refractivity (Wildman–Crippen MR) is 83.0 cm³/mol. The second-order valence-corrected chi connectivity index (χ2v) is 5.90. The molecular formula is C14H19BrClNO2. The fraction of sp³-hybridized carbons (Fsp3) is 0.500. The van der Waals surface area contributed by atoms with Gasteiger partial charge in [0.15, 0.2) is 0 Å². The number of aliphatic carboxylic acids is 1. The zero-order chi connectivity index (χ0) is 14.5. The Bertz CT molecular complexity index is 445. The summed E-state index contributed by atoms with van der Waals surface area (Å²) >= 11 is 9.30. The zero-order valence-electron chi connectivity index (χ0n) is 11.2. The number of carboxylic acid groups (broad SMARTS) is 1. The monoisotopic (exact) mass is 347 g/mol. The van der Waals surface area contributed by atoms with Crippen LogP contribution in [0.3, 0.4) is 0 Å². The van der Waals surface area contributed by atoms with Gasteiger partial charge < -0.3 is 10.4 Å². The van der Waals surface area contributed by atoms with Crippen LogP contribution in [-0.2, 0) is 4.79 Å². The minimum Gasteiger partial charge on any atom is -0.480 e.